The predicted molar refractivity (Wildman–Crippen MR) is 95.6 cm³/mol. The van der Waals surface area contributed by atoms with Crippen molar-refractivity contribution in [2.75, 3.05) is 5.73 Å². The number of carbonyl (C=O) groups is 1. The van der Waals surface area contributed by atoms with Crippen molar-refractivity contribution in [1.29, 1.82) is 0 Å². The van der Waals surface area contributed by atoms with Crippen LogP contribution >= 0.6 is 0 Å². The Morgan fingerprint density at radius 3 is 2.60 bits per heavy atom. The number of rotatable bonds is 3. The molecule has 3 rings (SSSR count). The van der Waals surface area contributed by atoms with Gasteiger partial charge < -0.3 is 15.2 Å². The first-order valence-electron chi connectivity index (χ1n) is 8.62. The maximum atomic E-state index is 11.9. The highest BCUT2D eigenvalue weighted by Crippen LogP contribution is 2.37. The van der Waals surface area contributed by atoms with Crippen LogP contribution in [0.25, 0.3) is 0 Å². The lowest BCUT2D eigenvalue weighted by Gasteiger charge is -2.20. The van der Waals surface area contributed by atoms with Crippen LogP contribution < -0.4 is 10.5 Å². The van der Waals surface area contributed by atoms with Crippen LogP contribution in [0, 0.1) is 0 Å². The minimum Gasteiger partial charge on any atom is -0.431 e. The number of nitrogens with two attached hydrogens (primary N) is 1. The van der Waals surface area contributed by atoms with Gasteiger partial charge in [-0.05, 0) is 52.2 Å². The first-order chi connectivity index (χ1) is 11.8. The molecular formula is C19H25N3O3. The lowest BCUT2D eigenvalue weighted by Crippen LogP contribution is -2.25. The van der Waals surface area contributed by atoms with E-state index in [9.17, 15) is 4.79 Å². The van der Waals surface area contributed by atoms with Gasteiger partial charge in [0.2, 0.25) is 0 Å². The maximum absolute atomic E-state index is 11.9. The summed E-state index contributed by atoms with van der Waals surface area (Å²) < 4.78 is 12.5. The zero-order valence-electron chi connectivity index (χ0n) is 14.9. The van der Waals surface area contributed by atoms with E-state index in [4.69, 9.17) is 15.2 Å². The third-order valence-electron chi connectivity index (χ3n) is 4.40. The Morgan fingerprint density at radius 1 is 1.24 bits per heavy atom. The van der Waals surface area contributed by atoms with Gasteiger partial charge in [0.25, 0.3) is 0 Å². The Morgan fingerprint density at radius 2 is 1.96 bits per heavy atom. The van der Waals surface area contributed by atoms with E-state index in [0.717, 1.165) is 25.0 Å². The fraction of sp³-hybridized carbons (Fsp3) is 0.474. The van der Waals surface area contributed by atoms with Crippen LogP contribution in [-0.2, 0) is 10.3 Å². The summed E-state index contributed by atoms with van der Waals surface area (Å²) in [5.74, 6) is 1.40. The van der Waals surface area contributed by atoms with Crippen LogP contribution in [0.5, 0.6) is 5.75 Å². The molecule has 0 radical (unpaired) electrons. The summed E-state index contributed by atoms with van der Waals surface area (Å²) in [6, 6.07) is 10.9. The Balaban J connectivity index is 1.58. The first-order valence-corrected chi connectivity index (χ1v) is 8.62. The molecule has 6 heteroatoms. The number of nitrogen functional groups attached to an aromatic ring is 1. The molecule has 1 aliphatic carbocycles. The summed E-state index contributed by atoms with van der Waals surface area (Å²) in [6.45, 7) is 6.21. The average Bonchev–Trinajstić information content (AvgIpc) is 3.14. The molecule has 1 saturated carbocycles. The number of aromatic nitrogens is 2. The lowest BCUT2D eigenvalue weighted by molar-refractivity contribution is 0.0606. The highest BCUT2D eigenvalue weighted by Gasteiger charge is 2.32. The Bertz CT molecular complexity index is 734. The highest BCUT2D eigenvalue weighted by molar-refractivity contribution is 5.64. The van der Waals surface area contributed by atoms with Crippen LogP contribution in [0.4, 0.5) is 10.6 Å². The number of carbonyl (C=O) groups excluding carboxylic acids is 1. The van der Waals surface area contributed by atoms with Crippen molar-refractivity contribution in [2.24, 2.45) is 0 Å². The molecule has 2 atom stereocenters. The first kappa shape index (κ1) is 17.3. The minimum absolute atomic E-state index is 0.151. The van der Waals surface area contributed by atoms with Gasteiger partial charge in [-0.25, -0.2) is 9.48 Å². The van der Waals surface area contributed by atoms with Gasteiger partial charge >= 0.3 is 6.16 Å². The van der Waals surface area contributed by atoms with E-state index >= 15 is 0 Å². The zero-order valence-corrected chi connectivity index (χ0v) is 14.9. The number of ether oxygens (including phenoxy) is 2. The number of benzene rings is 1. The molecule has 1 heterocycles. The molecule has 1 aliphatic rings. The molecule has 6 nitrogen and oxygen atoms in total. The summed E-state index contributed by atoms with van der Waals surface area (Å²) in [6.07, 6.45) is 1.66. The van der Waals surface area contributed by atoms with Crippen LogP contribution in [0.1, 0.15) is 51.6 Å². The van der Waals surface area contributed by atoms with E-state index in [1.165, 1.54) is 0 Å². The normalized spacial score (nSPS) is 20.4. The quantitative estimate of drug-likeness (QED) is 0.671. The second-order valence-corrected chi connectivity index (χ2v) is 7.49. The molecule has 134 valence electrons. The number of para-hydroxylation sites is 1. The Hall–Kier alpha value is -2.50. The summed E-state index contributed by atoms with van der Waals surface area (Å²) in [5, 5.41) is 4.66. The third-order valence-corrected chi connectivity index (χ3v) is 4.40. The zero-order chi connectivity index (χ0) is 18.0. The molecule has 2 aromatic rings. The SMILES string of the molecule is CC(C)(C)n1nc([C@H]2CC[C@@H](OC(=O)Oc3ccccc3)C2)cc1N. The van der Waals surface area contributed by atoms with Gasteiger partial charge in [-0.15, -0.1) is 0 Å². The lowest BCUT2D eigenvalue weighted by atomic mass is 10.0. The molecule has 1 fully saturated rings. The van der Waals surface area contributed by atoms with E-state index in [1.54, 1.807) is 12.1 Å². The molecule has 1 aromatic heterocycles. The van der Waals surface area contributed by atoms with Crippen molar-refractivity contribution in [3.63, 3.8) is 0 Å². The van der Waals surface area contributed by atoms with Gasteiger partial charge in [-0.3, -0.25) is 0 Å². The van der Waals surface area contributed by atoms with Gasteiger partial charge in [0.05, 0.1) is 11.2 Å². The van der Waals surface area contributed by atoms with Crippen molar-refractivity contribution in [3.05, 3.63) is 42.1 Å². The van der Waals surface area contributed by atoms with E-state index in [0.29, 0.717) is 11.6 Å². The molecule has 0 aliphatic heterocycles. The van der Waals surface area contributed by atoms with Crippen LogP contribution in [0.15, 0.2) is 36.4 Å². The molecule has 0 amide bonds. The summed E-state index contributed by atoms with van der Waals surface area (Å²) in [7, 11) is 0. The van der Waals surface area contributed by atoms with E-state index in [1.807, 2.05) is 28.9 Å². The summed E-state index contributed by atoms with van der Waals surface area (Å²) >= 11 is 0. The van der Waals surface area contributed by atoms with E-state index in [-0.39, 0.29) is 17.6 Å². The topological polar surface area (TPSA) is 79.4 Å². The van der Waals surface area contributed by atoms with E-state index < -0.39 is 6.16 Å². The van der Waals surface area contributed by atoms with Gasteiger partial charge in [0.15, 0.2) is 0 Å². The summed E-state index contributed by atoms with van der Waals surface area (Å²) in [4.78, 5) is 11.9. The van der Waals surface area contributed by atoms with Crippen molar-refractivity contribution in [1.82, 2.24) is 9.78 Å². The molecule has 1 aromatic carbocycles. The fourth-order valence-corrected chi connectivity index (χ4v) is 3.21. The van der Waals surface area contributed by atoms with Gasteiger partial charge in [-0.1, -0.05) is 18.2 Å². The van der Waals surface area contributed by atoms with Crippen LogP contribution in [-0.4, -0.2) is 22.0 Å². The number of hydrogen-bond donors (Lipinski definition) is 1. The van der Waals surface area contributed by atoms with Crippen molar-refractivity contribution >= 4 is 12.0 Å². The maximum Gasteiger partial charge on any atom is 0.514 e. The molecule has 25 heavy (non-hydrogen) atoms. The fourth-order valence-electron chi connectivity index (χ4n) is 3.21. The van der Waals surface area contributed by atoms with Gasteiger partial charge in [-0.2, -0.15) is 5.10 Å². The average molecular weight is 343 g/mol. The molecular weight excluding hydrogens is 318 g/mol. The number of anilines is 1. The highest BCUT2D eigenvalue weighted by atomic mass is 16.7. The summed E-state index contributed by atoms with van der Waals surface area (Å²) in [5.41, 5.74) is 6.90. The van der Waals surface area contributed by atoms with Crippen molar-refractivity contribution in [3.8, 4) is 5.75 Å². The van der Waals surface area contributed by atoms with Gasteiger partial charge in [0, 0.05) is 12.0 Å². The van der Waals surface area contributed by atoms with Crippen molar-refractivity contribution < 1.29 is 14.3 Å². The minimum atomic E-state index is -0.656. The molecule has 0 saturated heterocycles. The number of hydrogen-bond acceptors (Lipinski definition) is 5. The Kier molecular flexibility index (Phi) is 4.70. The second kappa shape index (κ2) is 6.78. The second-order valence-electron chi connectivity index (χ2n) is 7.49. The standard InChI is InChI=1S/C19H25N3O3/c1-19(2,3)22-17(20)12-16(21-22)13-9-10-15(11-13)25-18(23)24-14-7-5-4-6-8-14/h4-8,12-13,15H,9-11,20H2,1-3H3/t13-,15+/m0/s1. The van der Waals surface area contributed by atoms with Crippen LogP contribution in [0.3, 0.4) is 0 Å². The third kappa shape index (κ3) is 4.13. The largest absolute Gasteiger partial charge is 0.514 e. The number of nitrogens with zero attached hydrogens (tertiary/aromatic N) is 2. The van der Waals surface area contributed by atoms with Gasteiger partial charge in [0.1, 0.15) is 17.7 Å². The monoisotopic (exact) mass is 343 g/mol. The Labute approximate surface area is 147 Å². The molecule has 0 spiro atoms. The van der Waals surface area contributed by atoms with Crippen LogP contribution in [0.2, 0.25) is 0 Å². The molecule has 0 unspecified atom stereocenters. The van der Waals surface area contributed by atoms with E-state index in [2.05, 4.69) is 25.9 Å². The predicted octanol–water partition coefficient (Wildman–Crippen LogP) is 4.07. The molecule has 2 N–H and O–H groups in total. The molecule has 0 bridgehead atoms. The smallest absolute Gasteiger partial charge is 0.431 e. The van der Waals surface area contributed by atoms with Crippen molar-refractivity contribution in [2.45, 2.75) is 57.6 Å².